The van der Waals surface area contributed by atoms with Gasteiger partial charge in [-0.05, 0) is 18.8 Å². The van der Waals surface area contributed by atoms with Crippen molar-refractivity contribution in [3.63, 3.8) is 0 Å². The van der Waals surface area contributed by atoms with E-state index < -0.39 is 0 Å². The third-order valence-electron chi connectivity index (χ3n) is 3.32. The number of nitrogens with zero attached hydrogens (tertiary/aromatic N) is 2. The first-order chi connectivity index (χ1) is 8.27. The van der Waals surface area contributed by atoms with E-state index in [-0.39, 0.29) is 11.9 Å². The Morgan fingerprint density at radius 3 is 2.76 bits per heavy atom. The lowest BCUT2D eigenvalue weighted by atomic mass is 9.85. The molecule has 0 saturated heterocycles. The monoisotopic (exact) mass is 234 g/mol. The van der Waals surface area contributed by atoms with Crippen LogP contribution in [0.25, 0.3) is 0 Å². The minimum Gasteiger partial charge on any atom is -0.352 e. The van der Waals surface area contributed by atoms with E-state index in [0.29, 0.717) is 18.0 Å². The predicted molar refractivity (Wildman–Crippen MR) is 64.3 cm³/mol. The van der Waals surface area contributed by atoms with Gasteiger partial charge < -0.3 is 11.1 Å². The highest BCUT2D eigenvalue weighted by atomic mass is 16.1. The van der Waals surface area contributed by atoms with Gasteiger partial charge in [0.25, 0.3) is 5.91 Å². The maximum Gasteiger partial charge on any atom is 0.254 e. The zero-order valence-electron chi connectivity index (χ0n) is 9.80. The standard InChI is InChI=1S/C12H18N4O/c13-11-4-2-1-3-9(11)7-16-12(17)10-5-14-8-15-6-10/h5-6,8-9,11H,1-4,7,13H2,(H,16,17). The third-order valence-corrected chi connectivity index (χ3v) is 3.32. The normalized spacial score (nSPS) is 24.3. The maximum absolute atomic E-state index is 11.8. The van der Waals surface area contributed by atoms with Crippen molar-refractivity contribution < 1.29 is 4.79 Å². The average molecular weight is 234 g/mol. The summed E-state index contributed by atoms with van der Waals surface area (Å²) in [5.74, 6) is 0.278. The number of aromatic nitrogens is 2. The van der Waals surface area contributed by atoms with Crippen molar-refractivity contribution in [1.82, 2.24) is 15.3 Å². The summed E-state index contributed by atoms with van der Waals surface area (Å²) in [7, 11) is 0. The molecule has 0 radical (unpaired) electrons. The van der Waals surface area contributed by atoms with Gasteiger partial charge in [-0.3, -0.25) is 4.79 Å². The van der Waals surface area contributed by atoms with Crippen molar-refractivity contribution in [3.05, 3.63) is 24.3 Å². The van der Waals surface area contributed by atoms with E-state index in [0.717, 1.165) is 12.8 Å². The Morgan fingerprint density at radius 2 is 2.06 bits per heavy atom. The molecular weight excluding hydrogens is 216 g/mol. The van der Waals surface area contributed by atoms with Crippen molar-refractivity contribution in [1.29, 1.82) is 0 Å². The first kappa shape index (κ1) is 12.0. The van der Waals surface area contributed by atoms with Crippen molar-refractivity contribution >= 4 is 5.91 Å². The van der Waals surface area contributed by atoms with Crippen LogP contribution < -0.4 is 11.1 Å². The summed E-state index contributed by atoms with van der Waals surface area (Å²) in [6.07, 6.45) is 9.03. The Morgan fingerprint density at radius 1 is 1.35 bits per heavy atom. The van der Waals surface area contributed by atoms with Crippen LogP contribution in [0.5, 0.6) is 0 Å². The van der Waals surface area contributed by atoms with E-state index in [1.54, 1.807) is 0 Å². The second-order valence-electron chi connectivity index (χ2n) is 4.55. The number of nitrogens with two attached hydrogens (primary N) is 1. The number of carbonyl (C=O) groups excluding carboxylic acids is 1. The number of hydrogen-bond acceptors (Lipinski definition) is 4. The van der Waals surface area contributed by atoms with E-state index >= 15 is 0 Å². The Hall–Kier alpha value is -1.49. The van der Waals surface area contributed by atoms with Crippen LogP contribution in [0.1, 0.15) is 36.0 Å². The van der Waals surface area contributed by atoms with Crippen LogP contribution in [0.15, 0.2) is 18.7 Å². The highest BCUT2D eigenvalue weighted by molar-refractivity contribution is 5.93. The van der Waals surface area contributed by atoms with Crippen molar-refractivity contribution in [2.75, 3.05) is 6.54 Å². The molecule has 2 atom stereocenters. The molecule has 1 aromatic rings. The quantitative estimate of drug-likeness (QED) is 0.807. The van der Waals surface area contributed by atoms with Gasteiger partial charge in [0.1, 0.15) is 6.33 Å². The summed E-state index contributed by atoms with van der Waals surface area (Å²) in [5.41, 5.74) is 6.53. The minimum atomic E-state index is -0.122. The van der Waals surface area contributed by atoms with E-state index in [1.165, 1.54) is 31.6 Å². The number of carbonyl (C=O) groups is 1. The van der Waals surface area contributed by atoms with Gasteiger partial charge in [0.2, 0.25) is 0 Å². The van der Waals surface area contributed by atoms with Gasteiger partial charge in [0.15, 0.2) is 0 Å². The van der Waals surface area contributed by atoms with Crippen molar-refractivity contribution in [2.45, 2.75) is 31.7 Å². The average Bonchev–Trinajstić information content (AvgIpc) is 2.38. The fourth-order valence-corrected chi connectivity index (χ4v) is 2.23. The molecule has 5 heteroatoms. The Kier molecular flexibility index (Phi) is 4.03. The molecule has 0 aliphatic heterocycles. The summed E-state index contributed by atoms with van der Waals surface area (Å²) >= 11 is 0. The lowest BCUT2D eigenvalue weighted by molar-refractivity contribution is 0.0940. The maximum atomic E-state index is 11.8. The lowest BCUT2D eigenvalue weighted by Crippen LogP contribution is -2.41. The van der Waals surface area contributed by atoms with Crippen LogP contribution in [0.4, 0.5) is 0 Å². The first-order valence-electron chi connectivity index (χ1n) is 6.06. The van der Waals surface area contributed by atoms with Crippen LogP contribution in [0.3, 0.4) is 0 Å². The smallest absolute Gasteiger partial charge is 0.254 e. The molecule has 1 aromatic heterocycles. The molecule has 1 amide bonds. The van der Waals surface area contributed by atoms with E-state index in [4.69, 9.17) is 5.73 Å². The largest absolute Gasteiger partial charge is 0.352 e. The predicted octanol–water partition coefficient (Wildman–Crippen LogP) is 0.724. The Bertz CT molecular complexity index is 368. The van der Waals surface area contributed by atoms with E-state index in [9.17, 15) is 4.79 Å². The summed E-state index contributed by atoms with van der Waals surface area (Å²) in [4.78, 5) is 19.4. The van der Waals surface area contributed by atoms with Crippen LogP contribution in [0.2, 0.25) is 0 Å². The van der Waals surface area contributed by atoms with Crippen molar-refractivity contribution in [3.8, 4) is 0 Å². The second-order valence-corrected chi connectivity index (χ2v) is 4.55. The van der Waals surface area contributed by atoms with Crippen LogP contribution in [0, 0.1) is 5.92 Å². The van der Waals surface area contributed by atoms with Crippen LogP contribution in [-0.4, -0.2) is 28.5 Å². The topological polar surface area (TPSA) is 80.9 Å². The van der Waals surface area contributed by atoms with Gasteiger partial charge in [-0.2, -0.15) is 0 Å². The minimum absolute atomic E-state index is 0.122. The Labute approximate surface area is 101 Å². The van der Waals surface area contributed by atoms with Gasteiger partial charge in [0, 0.05) is 25.0 Å². The molecule has 1 saturated carbocycles. The molecular formula is C12H18N4O. The van der Waals surface area contributed by atoms with Crippen molar-refractivity contribution in [2.24, 2.45) is 11.7 Å². The molecule has 1 aliphatic carbocycles. The fraction of sp³-hybridized carbons (Fsp3) is 0.583. The molecule has 1 fully saturated rings. The second kappa shape index (κ2) is 5.72. The molecule has 0 aromatic carbocycles. The van der Waals surface area contributed by atoms with Gasteiger partial charge in [-0.15, -0.1) is 0 Å². The number of hydrogen-bond donors (Lipinski definition) is 2. The zero-order chi connectivity index (χ0) is 12.1. The van der Waals surface area contributed by atoms with Crippen LogP contribution >= 0.6 is 0 Å². The van der Waals surface area contributed by atoms with Gasteiger partial charge in [-0.1, -0.05) is 12.8 Å². The van der Waals surface area contributed by atoms with E-state index in [1.807, 2.05) is 0 Å². The molecule has 92 valence electrons. The summed E-state index contributed by atoms with van der Waals surface area (Å²) in [6.45, 7) is 0.648. The molecule has 0 spiro atoms. The molecule has 1 heterocycles. The molecule has 3 N–H and O–H groups in total. The molecule has 1 aliphatic rings. The first-order valence-corrected chi connectivity index (χ1v) is 6.06. The highest BCUT2D eigenvalue weighted by Gasteiger charge is 2.22. The fourth-order valence-electron chi connectivity index (χ4n) is 2.23. The Balaban J connectivity index is 1.84. The lowest BCUT2D eigenvalue weighted by Gasteiger charge is -2.28. The number of amides is 1. The van der Waals surface area contributed by atoms with Gasteiger partial charge in [0.05, 0.1) is 5.56 Å². The summed E-state index contributed by atoms with van der Waals surface area (Å²) < 4.78 is 0. The molecule has 2 rings (SSSR count). The third kappa shape index (κ3) is 3.23. The summed E-state index contributed by atoms with van der Waals surface area (Å²) in [5, 5.41) is 2.90. The van der Waals surface area contributed by atoms with Gasteiger partial charge in [-0.25, -0.2) is 9.97 Å². The molecule has 2 unspecified atom stereocenters. The van der Waals surface area contributed by atoms with E-state index in [2.05, 4.69) is 15.3 Å². The SMILES string of the molecule is NC1CCCCC1CNC(=O)c1cncnc1. The summed E-state index contributed by atoms with van der Waals surface area (Å²) in [6, 6.07) is 0.219. The zero-order valence-corrected chi connectivity index (χ0v) is 9.80. The highest BCUT2D eigenvalue weighted by Crippen LogP contribution is 2.22. The molecule has 17 heavy (non-hydrogen) atoms. The molecule has 5 nitrogen and oxygen atoms in total. The van der Waals surface area contributed by atoms with Crippen LogP contribution in [-0.2, 0) is 0 Å². The number of rotatable bonds is 3. The number of nitrogens with one attached hydrogen (secondary N) is 1. The van der Waals surface area contributed by atoms with Gasteiger partial charge >= 0.3 is 0 Å². The molecule has 0 bridgehead atoms.